The van der Waals surface area contributed by atoms with Crippen LogP contribution in [0.1, 0.15) is 11.3 Å². The zero-order valence-electron chi connectivity index (χ0n) is 11.6. The second-order valence-electron chi connectivity index (χ2n) is 4.81. The van der Waals surface area contributed by atoms with E-state index in [0.717, 1.165) is 22.3 Å². The van der Waals surface area contributed by atoms with E-state index in [-0.39, 0.29) is 5.69 Å². The van der Waals surface area contributed by atoms with Gasteiger partial charge in [0.2, 0.25) is 0 Å². The molecule has 0 amide bonds. The Bertz CT molecular complexity index is 861. The van der Waals surface area contributed by atoms with E-state index >= 15 is 0 Å². The average molecular weight is 280 g/mol. The highest BCUT2D eigenvalue weighted by Gasteiger charge is 2.12. The lowest BCUT2D eigenvalue weighted by Gasteiger charge is -2.04. The number of nitro benzene ring substituents is 1. The number of nitrogens with zero attached hydrogens (tertiary/aromatic N) is 4. The van der Waals surface area contributed by atoms with Gasteiger partial charge in [0.15, 0.2) is 5.82 Å². The van der Waals surface area contributed by atoms with Gasteiger partial charge in [-0.15, -0.1) is 0 Å². The standard InChI is InChI=1S/C15H12N4O2/c1-9-7-11(4-6-14(9)19(20)21)15-16-8-13-12(18-15)5-3-10(2)17-13/h3-8H,1-2H3. The molecule has 6 heteroatoms. The summed E-state index contributed by atoms with van der Waals surface area (Å²) in [6.07, 6.45) is 1.67. The minimum atomic E-state index is -0.396. The first-order chi connectivity index (χ1) is 10.0. The van der Waals surface area contributed by atoms with Gasteiger partial charge in [0, 0.05) is 22.9 Å². The van der Waals surface area contributed by atoms with Crippen molar-refractivity contribution in [3.8, 4) is 11.4 Å². The highest BCUT2D eigenvalue weighted by atomic mass is 16.6. The Balaban J connectivity index is 2.10. The molecule has 0 aliphatic heterocycles. The Kier molecular flexibility index (Phi) is 3.06. The van der Waals surface area contributed by atoms with Crippen LogP contribution in [0.15, 0.2) is 36.5 Å². The van der Waals surface area contributed by atoms with Crippen molar-refractivity contribution >= 4 is 16.7 Å². The van der Waals surface area contributed by atoms with Crippen molar-refractivity contribution in [3.63, 3.8) is 0 Å². The zero-order chi connectivity index (χ0) is 15.0. The fourth-order valence-electron chi connectivity index (χ4n) is 2.16. The molecule has 3 rings (SSSR count). The lowest BCUT2D eigenvalue weighted by atomic mass is 10.1. The monoisotopic (exact) mass is 280 g/mol. The molecule has 6 nitrogen and oxygen atoms in total. The molecule has 0 bridgehead atoms. The summed E-state index contributed by atoms with van der Waals surface area (Å²) in [6.45, 7) is 3.61. The molecule has 2 heterocycles. The molecule has 1 aromatic carbocycles. The molecule has 0 aliphatic carbocycles. The number of hydrogen-bond donors (Lipinski definition) is 0. The zero-order valence-corrected chi connectivity index (χ0v) is 11.6. The van der Waals surface area contributed by atoms with Crippen molar-refractivity contribution in [1.82, 2.24) is 15.0 Å². The van der Waals surface area contributed by atoms with E-state index in [1.54, 1.807) is 25.3 Å². The highest BCUT2D eigenvalue weighted by Crippen LogP contribution is 2.24. The molecule has 0 saturated heterocycles. The van der Waals surface area contributed by atoms with E-state index in [9.17, 15) is 10.1 Å². The highest BCUT2D eigenvalue weighted by molar-refractivity contribution is 5.76. The van der Waals surface area contributed by atoms with Crippen molar-refractivity contribution in [3.05, 3.63) is 57.9 Å². The Morgan fingerprint density at radius 3 is 2.57 bits per heavy atom. The fraction of sp³-hybridized carbons (Fsp3) is 0.133. The second kappa shape index (κ2) is 4.90. The van der Waals surface area contributed by atoms with E-state index in [1.165, 1.54) is 6.07 Å². The summed E-state index contributed by atoms with van der Waals surface area (Å²) in [6, 6.07) is 8.64. The van der Waals surface area contributed by atoms with Gasteiger partial charge in [-0.25, -0.2) is 15.0 Å². The molecule has 0 spiro atoms. The van der Waals surface area contributed by atoms with Crippen LogP contribution in [0.2, 0.25) is 0 Å². The van der Waals surface area contributed by atoms with E-state index < -0.39 is 4.92 Å². The van der Waals surface area contributed by atoms with Crippen LogP contribution in [0.3, 0.4) is 0 Å². The van der Waals surface area contributed by atoms with E-state index in [0.29, 0.717) is 11.4 Å². The van der Waals surface area contributed by atoms with E-state index in [1.807, 2.05) is 19.1 Å². The predicted molar refractivity (Wildman–Crippen MR) is 78.9 cm³/mol. The minimum Gasteiger partial charge on any atom is -0.258 e. The Labute approximate surface area is 120 Å². The summed E-state index contributed by atoms with van der Waals surface area (Å²) >= 11 is 0. The van der Waals surface area contributed by atoms with Gasteiger partial charge in [0.1, 0.15) is 5.52 Å². The van der Waals surface area contributed by atoms with Crippen LogP contribution >= 0.6 is 0 Å². The predicted octanol–water partition coefficient (Wildman–Crippen LogP) is 3.22. The molecule has 0 aliphatic rings. The van der Waals surface area contributed by atoms with Crippen molar-refractivity contribution < 1.29 is 4.92 Å². The Morgan fingerprint density at radius 1 is 1.05 bits per heavy atom. The molecule has 0 fully saturated rings. The molecule has 0 unspecified atom stereocenters. The molecular formula is C15H12N4O2. The summed E-state index contributed by atoms with van der Waals surface area (Å²) < 4.78 is 0. The van der Waals surface area contributed by atoms with Crippen LogP contribution in [0.25, 0.3) is 22.4 Å². The van der Waals surface area contributed by atoms with Gasteiger partial charge in [0.25, 0.3) is 5.69 Å². The van der Waals surface area contributed by atoms with Crippen LogP contribution in [0.5, 0.6) is 0 Å². The number of fused-ring (bicyclic) bond motifs is 1. The molecule has 0 saturated carbocycles. The van der Waals surface area contributed by atoms with E-state index in [2.05, 4.69) is 15.0 Å². The van der Waals surface area contributed by atoms with Gasteiger partial charge in [0.05, 0.1) is 16.6 Å². The van der Waals surface area contributed by atoms with Gasteiger partial charge in [-0.3, -0.25) is 10.1 Å². The normalized spacial score (nSPS) is 10.8. The molecule has 0 radical (unpaired) electrons. The summed E-state index contributed by atoms with van der Waals surface area (Å²) in [5, 5.41) is 10.8. The molecular weight excluding hydrogens is 268 g/mol. The summed E-state index contributed by atoms with van der Waals surface area (Å²) in [5.74, 6) is 0.533. The molecule has 104 valence electrons. The Hall–Kier alpha value is -2.89. The third kappa shape index (κ3) is 2.43. The number of hydrogen-bond acceptors (Lipinski definition) is 5. The van der Waals surface area contributed by atoms with Crippen LogP contribution < -0.4 is 0 Å². The number of pyridine rings is 1. The maximum absolute atomic E-state index is 10.8. The first-order valence-electron chi connectivity index (χ1n) is 6.40. The molecule has 0 N–H and O–H groups in total. The third-order valence-electron chi connectivity index (χ3n) is 3.23. The largest absolute Gasteiger partial charge is 0.272 e. The van der Waals surface area contributed by atoms with Gasteiger partial charge in [-0.2, -0.15) is 0 Å². The number of nitro groups is 1. The van der Waals surface area contributed by atoms with Crippen LogP contribution in [0.4, 0.5) is 5.69 Å². The smallest absolute Gasteiger partial charge is 0.258 e. The minimum absolute atomic E-state index is 0.0943. The maximum Gasteiger partial charge on any atom is 0.272 e. The van der Waals surface area contributed by atoms with Crippen LogP contribution in [-0.4, -0.2) is 19.9 Å². The lowest BCUT2D eigenvalue weighted by Crippen LogP contribution is -1.95. The number of benzene rings is 1. The lowest BCUT2D eigenvalue weighted by molar-refractivity contribution is -0.385. The topological polar surface area (TPSA) is 81.8 Å². The number of aromatic nitrogens is 3. The summed E-state index contributed by atoms with van der Waals surface area (Å²) in [5.41, 5.74) is 3.82. The SMILES string of the molecule is Cc1ccc2nc(-c3ccc([N+](=O)[O-])c(C)c3)ncc2n1. The Morgan fingerprint density at radius 2 is 1.86 bits per heavy atom. The molecule has 0 atom stereocenters. The second-order valence-corrected chi connectivity index (χ2v) is 4.81. The van der Waals surface area contributed by atoms with Gasteiger partial charge in [-0.1, -0.05) is 0 Å². The van der Waals surface area contributed by atoms with Gasteiger partial charge in [-0.05, 0) is 38.1 Å². The van der Waals surface area contributed by atoms with Crippen molar-refractivity contribution in [2.24, 2.45) is 0 Å². The molecule has 3 aromatic rings. The van der Waals surface area contributed by atoms with E-state index in [4.69, 9.17) is 0 Å². The number of rotatable bonds is 2. The summed E-state index contributed by atoms with van der Waals surface area (Å²) in [7, 11) is 0. The van der Waals surface area contributed by atoms with Gasteiger partial charge >= 0.3 is 0 Å². The van der Waals surface area contributed by atoms with Crippen LogP contribution in [-0.2, 0) is 0 Å². The maximum atomic E-state index is 10.8. The first-order valence-corrected chi connectivity index (χ1v) is 6.40. The quantitative estimate of drug-likeness (QED) is 0.531. The molecule has 21 heavy (non-hydrogen) atoms. The average Bonchev–Trinajstić information content (AvgIpc) is 2.46. The van der Waals surface area contributed by atoms with Crippen molar-refractivity contribution in [2.75, 3.05) is 0 Å². The van der Waals surface area contributed by atoms with Gasteiger partial charge < -0.3 is 0 Å². The number of aryl methyl sites for hydroxylation is 2. The van der Waals surface area contributed by atoms with Crippen molar-refractivity contribution in [2.45, 2.75) is 13.8 Å². The fourth-order valence-corrected chi connectivity index (χ4v) is 2.16. The third-order valence-corrected chi connectivity index (χ3v) is 3.23. The van der Waals surface area contributed by atoms with Crippen molar-refractivity contribution in [1.29, 1.82) is 0 Å². The van der Waals surface area contributed by atoms with Crippen LogP contribution in [0, 0.1) is 24.0 Å². The molecule has 2 aromatic heterocycles. The summed E-state index contributed by atoms with van der Waals surface area (Å²) in [4.78, 5) is 23.5. The first kappa shape index (κ1) is 13.1.